The summed E-state index contributed by atoms with van der Waals surface area (Å²) >= 11 is 0. The van der Waals surface area contributed by atoms with Crippen molar-refractivity contribution in [2.45, 2.75) is 32.2 Å². The van der Waals surface area contributed by atoms with Crippen LogP contribution in [0.3, 0.4) is 0 Å². The molecule has 0 aliphatic carbocycles. The number of rotatable bonds is 10. The highest BCUT2D eigenvalue weighted by atomic mass is 16.5. The van der Waals surface area contributed by atoms with Gasteiger partial charge >= 0.3 is 5.97 Å². The van der Waals surface area contributed by atoms with Gasteiger partial charge in [0.25, 0.3) is 0 Å². The normalized spacial score (nSPS) is 14.6. The summed E-state index contributed by atoms with van der Waals surface area (Å²) in [7, 11) is 5.15. The van der Waals surface area contributed by atoms with Crippen molar-refractivity contribution in [3.63, 3.8) is 0 Å². The predicted molar refractivity (Wildman–Crippen MR) is 72.7 cm³/mol. The summed E-state index contributed by atoms with van der Waals surface area (Å²) in [5.74, 6) is -0.198. The first kappa shape index (κ1) is 17.4. The largest absolute Gasteiger partial charge is 0.468 e. The average Bonchev–Trinajstić information content (AvgIpc) is 2.39. The van der Waals surface area contributed by atoms with Gasteiger partial charge in [0.2, 0.25) is 0 Å². The van der Waals surface area contributed by atoms with Crippen molar-refractivity contribution in [3.8, 4) is 0 Å². The summed E-state index contributed by atoms with van der Waals surface area (Å²) in [4.78, 5) is 14.0. The first-order valence-electron chi connectivity index (χ1n) is 6.51. The molecule has 0 aliphatic rings. The average molecular weight is 260 g/mol. The number of hydrogen-bond donors (Lipinski definition) is 1. The number of hydrogen-bond acceptors (Lipinski definition) is 5. The highest BCUT2D eigenvalue weighted by Gasteiger charge is 2.33. The fourth-order valence-electron chi connectivity index (χ4n) is 1.66. The maximum atomic E-state index is 11.8. The Labute approximate surface area is 111 Å². The molecule has 18 heavy (non-hydrogen) atoms. The lowest BCUT2D eigenvalue weighted by Gasteiger charge is -2.30. The third-order valence-corrected chi connectivity index (χ3v) is 3.07. The molecule has 1 N–H and O–H groups in total. The summed E-state index contributed by atoms with van der Waals surface area (Å²) < 4.78 is 9.91. The Morgan fingerprint density at radius 2 is 2.00 bits per heavy atom. The molecular weight excluding hydrogens is 232 g/mol. The highest BCUT2D eigenvalue weighted by molar-refractivity contribution is 5.80. The lowest BCUT2D eigenvalue weighted by atomic mass is 9.97. The number of nitrogens with one attached hydrogen (secondary N) is 1. The fraction of sp³-hybridized carbons (Fsp3) is 0.923. The lowest BCUT2D eigenvalue weighted by molar-refractivity contribution is -0.148. The predicted octanol–water partition coefficient (Wildman–Crippen LogP) is 0.886. The first-order chi connectivity index (χ1) is 8.50. The monoisotopic (exact) mass is 260 g/mol. The Balaban J connectivity index is 4.27. The van der Waals surface area contributed by atoms with Crippen LogP contribution in [0.25, 0.3) is 0 Å². The Hall–Kier alpha value is -0.650. The van der Waals surface area contributed by atoms with Gasteiger partial charge in [-0.05, 0) is 33.4 Å². The van der Waals surface area contributed by atoms with Crippen LogP contribution in [0.1, 0.15) is 26.7 Å². The van der Waals surface area contributed by atoms with Crippen LogP contribution < -0.4 is 5.32 Å². The van der Waals surface area contributed by atoms with Gasteiger partial charge in [-0.15, -0.1) is 0 Å². The molecule has 1 atom stereocenters. The van der Waals surface area contributed by atoms with Gasteiger partial charge in [0, 0.05) is 20.2 Å². The van der Waals surface area contributed by atoms with E-state index in [-0.39, 0.29) is 5.97 Å². The highest BCUT2D eigenvalue weighted by Crippen LogP contribution is 2.12. The number of ether oxygens (including phenoxy) is 2. The molecule has 108 valence electrons. The summed E-state index contributed by atoms with van der Waals surface area (Å²) in [6, 6.07) is 0. The maximum absolute atomic E-state index is 11.8. The molecule has 0 radical (unpaired) electrons. The Morgan fingerprint density at radius 3 is 2.50 bits per heavy atom. The SMILES string of the molecule is CCCNC(C)(CCN(C)CCOC)C(=O)OC. The number of nitrogens with zero attached hydrogens (tertiary/aromatic N) is 1. The molecule has 0 aromatic rings. The van der Waals surface area contributed by atoms with Crippen molar-refractivity contribution in [2.24, 2.45) is 0 Å². The Bertz CT molecular complexity index is 236. The van der Waals surface area contributed by atoms with Gasteiger partial charge in [0.15, 0.2) is 0 Å². The molecular formula is C13H28N2O3. The number of methoxy groups -OCH3 is 2. The number of likely N-dealkylation sites (N-methyl/N-ethyl adjacent to an activating group) is 1. The van der Waals surface area contributed by atoms with Gasteiger partial charge in [-0.25, -0.2) is 0 Å². The molecule has 0 bridgehead atoms. The number of carbonyl (C=O) groups excluding carboxylic acids is 1. The number of esters is 1. The van der Waals surface area contributed by atoms with Crippen LogP contribution in [-0.4, -0.2) is 63.9 Å². The van der Waals surface area contributed by atoms with Crippen molar-refractivity contribution in [2.75, 3.05) is 47.5 Å². The number of carbonyl (C=O) groups is 1. The van der Waals surface area contributed by atoms with Gasteiger partial charge in [0.05, 0.1) is 13.7 Å². The molecule has 0 saturated carbocycles. The second-order valence-electron chi connectivity index (χ2n) is 4.80. The minimum atomic E-state index is -0.605. The van der Waals surface area contributed by atoms with Crippen LogP contribution in [0.15, 0.2) is 0 Å². The Kier molecular flexibility index (Phi) is 8.97. The zero-order valence-electron chi connectivity index (χ0n) is 12.4. The molecule has 0 spiro atoms. The van der Waals surface area contributed by atoms with E-state index in [9.17, 15) is 4.79 Å². The van der Waals surface area contributed by atoms with Crippen LogP contribution in [0, 0.1) is 0 Å². The van der Waals surface area contributed by atoms with Crippen molar-refractivity contribution in [1.29, 1.82) is 0 Å². The zero-order chi connectivity index (χ0) is 14.0. The molecule has 0 heterocycles. The van der Waals surface area contributed by atoms with Crippen LogP contribution in [0.5, 0.6) is 0 Å². The van der Waals surface area contributed by atoms with Crippen molar-refractivity contribution >= 4 is 5.97 Å². The second kappa shape index (κ2) is 9.30. The van der Waals surface area contributed by atoms with Gasteiger partial charge in [0.1, 0.15) is 5.54 Å². The molecule has 5 nitrogen and oxygen atoms in total. The first-order valence-corrected chi connectivity index (χ1v) is 6.51. The summed E-state index contributed by atoms with van der Waals surface area (Å²) in [5, 5.41) is 3.28. The van der Waals surface area contributed by atoms with Crippen LogP contribution in [0.4, 0.5) is 0 Å². The third-order valence-electron chi connectivity index (χ3n) is 3.07. The van der Waals surface area contributed by atoms with Crippen LogP contribution >= 0.6 is 0 Å². The van der Waals surface area contributed by atoms with E-state index in [2.05, 4.69) is 17.1 Å². The topological polar surface area (TPSA) is 50.8 Å². The Morgan fingerprint density at radius 1 is 1.33 bits per heavy atom. The quantitative estimate of drug-likeness (QED) is 0.591. The minimum absolute atomic E-state index is 0.198. The van der Waals surface area contributed by atoms with E-state index >= 15 is 0 Å². The van der Waals surface area contributed by atoms with Crippen LogP contribution in [-0.2, 0) is 14.3 Å². The second-order valence-corrected chi connectivity index (χ2v) is 4.80. The fourth-order valence-corrected chi connectivity index (χ4v) is 1.66. The molecule has 0 aromatic carbocycles. The van der Waals surface area contributed by atoms with E-state index in [0.29, 0.717) is 6.61 Å². The third kappa shape index (κ3) is 6.33. The van der Waals surface area contributed by atoms with E-state index in [1.54, 1.807) is 7.11 Å². The molecule has 5 heteroatoms. The molecule has 1 unspecified atom stereocenters. The summed E-state index contributed by atoms with van der Waals surface area (Å²) in [6.45, 7) is 7.18. The summed E-state index contributed by atoms with van der Waals surface area (Å²) in [6.07, 6.45) is 1.71. The molecule has 0 rings (SSSR count). The minimum Gasteiger partial charge on any atom is -0.468 e. The van der Waals surface area contributed by atoms with E-state index in [0.717, 1.165) is 32.5 Å². The van der Waals surface area contributed by atoms with E-state index in [1.807, 2.05) is 14.0 Å². The lowest BCUT2D eigenvalue weighted by Crippen LogP contribution is -2.52. The zero-order valence-corrected chi connectivity index (χ0v) is 12.4. The molecule has 0 amide bonds. The van der Waals surface area contributed by atoms with Gasteiger partial charge in [-0.3, -0.25) is 4.79 Å². The van der Waals surface area contributed by atoms with E-state index in [4.69, 9.17) is 9.47 Å². The van der Waals surface area contributed by atoms with Crippen molar-refractivity contribution in [3.05, 3.63) is 0 Å². The van der Waals surface area contributed by atoms with Crippen LogP contribution in [0.2, 0.25) is 0 Å². The summed E-state index contributed by atoms with van der Waals surface area (Å²) in [5.41, 5.74) is -0.605. The molecule has 0 fully saturated rings. The van der Waals surface area contributed by atoms with Gasteiger partial charge < -0.3 is 19.7 Å². The van der Waals surface area contributed by atoms with Crippen molar-refractivity contribution in [1.82, 2.24) is 10.2 Å². The van der Waals surface area contributed by atoms with Crippen molar-refractivity contribution < 1.29 is 14.3 Å². The maximum Gasteiger partial charge on any atom is 0.325 e. The molecule has 0 saturated heterocycles. The smallest absolute Gasteiger partial charge is 0.325 e. The van der Waals surface area contributed by atoms with Gasteiger partial charge in [-0.1, -0.05) is 6.92 Å². The van der Waals surface area contributed by atoms with E-state index < -0.39 is 5.54 Å². The molecule has 0 aromatic heterocycles. The molecule has 0 aliphatic heterocycles. The van der Waals surface area contributed by atoms with Gasteiger partial charge in [-0.2, -0.15) is 0 Å². The standard InChI is InChI=1S/C13H28N2O3/c1-6-8-14-13(2,12(16)18-5)7-9-15(3)10-11-17-4/h14H,6-11H2,1-5H3. The van der Waals surface area contributed by atoms with E-state index in [1.165, 1.54) is 7.11 Å².